The highest BCUT2D eigenvalue weighted by Gasteiger charge is 2.34. The molecule has 138 valence electrons. The lowest BCUT2D eigenvalue weighted by molar-refractivity contribution is -0.386. The van der Waals surface area contributed by atoms with Crippen molar-refractivity contribution in [3.63, 3.8) is 0 Å². The van der Waals surface area contributed by atoms with Gasteiger partial charge in [0.25, 0.3) is 0 Å². The molecule has 0 aromatic heterocycles. The first-order chi connectivity index (χ1) is 11.8. The number of carboxylic acids is 1. The molecule has 10 heteroatoms. The molecule has 8 nitrogen and oxygen atoms in total. The number of likely N-dealkylation sites (N-methyl/N-ethyl adjacent to an activating group) is 1. The van der Waals surface area contributed by atoms with Crippen LogP contribution in [0.5, 0.6) is 5.75 Å². The summed E-state index contributed by atoms with van der Waals surface area (Å²) < 4.78 is 29.0. The van der Waals surface area contributed by atoms with Gasteiger partial charge in [0.2, 0.25) is 5.75 Å². The molecule has 0 spiro atoms. The van der Waals surface area contributed by atoms with Crippen molar-refractivity contribution in [2.24, 2.45) is 0 Å². The van der Waals surface area contributed by atoms with Crippen LogP contribution in [0.15, 0.2) is 18.2 Å². The Labute approximate surface area is 142 Å². The number of hydrogen-bond donors (Lipinski definition) is 2. The van der Waals surface area contributed by atoms with E-state index in [2.05, 4.69) is 10.1 Å². The van der Waals surface area contributed by atoms with E-state index in [4.69, 9.17) is 5.11 Å². The smallest absolute Gasteiger partial charge is 0.387 e. The van der Waals surface area contributed by atoms with E-state index in [1.165, 1.54) is 12.1 Å². The van der Waals surface area contributed by atoms with Crippen LogP contribution >= 0.6 is 0 Å². The number of nitro groups is 1. The predicted molar refractivity (Wildman–Crippen MR) is 85.0 cm³/mol. The fraction of sp³-hybridized carbons (Fsp3) is 0.533. The van der Waals surface area contributed by atoms with Crippen molar-refractivity contribution in [1.82, 2.24) is 4.90 Å². The summed E-state index contributed by atoms with van der Waals surface area (Å²) in [7, 11) is 0. The Morgan fingerprint density at radius 2 is 2.20 bits per heavy atom. The summed E-state index contributed by atoms with van der Waals surface area (Å²) in [6, 6.07) is 3.88. The van der Waals surface area contributed by atoms with Crippen LogP contribution in [0.3, 0.4) is 0 Å². The van der Waals surface area contributed by atoms with Crippen molar-refractivity contribution in [2.45, 2.75) is 38.5 Å². The van der Waals surface area contributed by atoms with Gasteiger partial charge in [-0.1, -0.05) is 6.92 Å². The van der Waals surface area contributed by atoms with Crippen molar-refractivity contribution in [1.29, 1.82) is 0 Å². The highest BCUT2D eigenvalue weighted by molar-refractivity contribution is 5.69. The number of nitrogens with one attached hydrogen (secondary N) is 1. The molecule has 1 fully saturated rings. The normalized spacial score (nSPS) is 19.6. The number of nitro benzene ring substituents is 1. The minimum Gasteiger partial charge on any atom is -0.480 e. The first-order valence-electron chi connectivity index (χ1n) is 7.75. The summed E-state index contributed by atoms with van der Waals surface area (Å²) >= 11 is 0. The predicted octanol–water partition coefficient (Wildman–Crippen LogP) is 2.55. The molecule has 25 heavy (non-hydrogen) atoms. The number of halogens is 2. The van der Waals surface area contributed by atoms with Gasteiger partial charge < -0.3 is 15.2 Å². The summed E-state index contributed by atoms with van der Waals surface area (Å²) in [6.45, 7) is -0.685. The summed E-state index contributed by atoms with van der Waals surface area (Å²) in [6.07, 6.45) is 1.40. The molecule has 2 rings (SSSR count). The van der Waals surface area contributed by atoms with Crippen molar-refractivity contribution in [3.8, 4) is 5.75 Å². The second-order valence-corrected chi connectivity index (χ2v) is 5.74. The molecular weight excluding hydrogens is 340 g/mol. The van der Waals surface area contributed by atoms with E-state index in [1.807, 2.05) is 11.8 Å². The molecule has 2 N–H and O–H groups in total. The van der Waals surface area contributed by atoms with E-state index >= 15 is 0 Å². The van der Waals surface area contributed by atoms with Gasteiger partial charge in [-0.25, -0.2) is 0 Å². The number of aliphatic carboxylic acids is 1. The molecular formula is C15H19F2N3O5. The van der Waals surface area contributed by atoms with Crippen LogP contribution in [0.2, 0.25) is 0 Å². The summed E-state index contributed by atoms with van der Waals surface area (Å²) in [5, 5.41) is 22.8. The van der Waals surface area contributed by atoms with E-state index < -0.39 is 28.9 Å². The zero-order chi connectivity index (χ0) is 18.6. The number of nitrogens with zero attached hydrogens (tertiary/aromatic N) is 2. The quantitative estimate of drug-likeness (QED) is 0.516. The van der Waals surface area contributed by atoms with Crippen molar-refractivity contribution < 1.29 is 28.3 Å². The molecule has 1 saturated carbocycles. The lowest BCUT2D eigenvalue weighted by Gasteiger charge is -2.42. The maximum absolute atomic E-state index is 12.4. The Hall–Kier alpha value is -2.49. The number of ether oxygens (including phenoxy) is 1. The number of rotatable bonds is 9. The zero-order valence-corrected chi connectivity index (χ0v) is 13.5. The number of benzene rings is 1. The van der Waals surface area contributed by atoms with Gasteiger partial charge in [-0.2, -0.15) is 8.78 Å². The minimum atomic E-state index is -3.16. The molecule has 0 amide bonds. The monoisotopic (exact) mass is 359 g/mol. The van der Waals surface area contributed by atoms with Crippen LogP contribution in [-0.4, -0.2) is 52.7 Å². The molecule has 0 unspecified atom stereocenters. The number of carbonyl (C=O) groups is 1. The van der Waals surface area contributed by atoms with E-state index in [0.717, 1.165) is 6.07 Å². The Balaban J connectivity index is 1.98. The third kappa shape index (κ3) is 4.99. The van der Waals surface area contributed by atoms with Gasteiger partial charge in [0.05, 0.1) is 11.5 Å². The van der Waals surface area contributed by atoms with Gasteiger partial charge in [-0.3, -0.25) is 19.8 Å². The maximum Gasteiger partial charge on any atom is 0.387 e. The molecule has 1 aliphatic carbocycles. The van der Waals surface area contributed by atoms with Gasteiger partial charge in [-0.05, 0) is 25.5 Å². The third-order valence-electron chi connectivity index (χ3n) is 4.12. The molecule has 1 aliphatic rings. The first kappa shape index (κ1) is 18.8. The Morgan fingerprint density at radius 1 is 1.52 bits per heavy atom. The highest BCUT2D eigenvalue weighted by atomic mass is 19.3. The van der Waals surface area contributed by atoms with Gasteiger partial charge in [-0.15, -0.1) is 0 Å². The molecule has 1 aromatic rings. The summed E-state index contributed by atoms with van der Waals surface area (Å²) in [5.41, 5.74) is -0.0954. The maximum atomic E-state index is 12.4. The van der Waals surface area contributed by atoms with E-state index in [0.29, 0.717) is 25.1 Å². The Morgan fingerprint density at radius 3 is 2.72 bits per heavy atom. The highest BCUT2D eigenvalue weighted by Crippen LogP contribution is 2.34. The third-order valence-corrected chi connectivity index (χ3v) is 4.12. The number of alkyl halides is 2. The van der Waals surface area contributed by atoms with Gasteiger partial charge in [0.15, 0.2) is 0 Å². The number of hydrogen-bond acceptors (Lipinski definition) is 6. The van der Waals surface area contributed by atoms with Crippen LogP contribution in [0.4, 0.5) is 20.2 Å². The summed E-state index contributed by atoms with van der Waals surface area (Å²) in [5.74, 6) is -1.38. The van der Waals surface area contributed by atoms with Crippen LogP contribution < -0.4 is 10.1 Å². The van der Waals surface area contributed by atoms with E-state index in [9.17, 15) is 23.7 Å². The number of anilines is 1. The Bertz CT molecular complexity index is 638. The zero-order valence-electron chi connectivity index (χ0n) is 13.5. The first-order valence-corrected chi connectivity index (χ1v) is 7.75. The average Bonchev–Trinajstić information content (AvgIpc) is 2.47. The van der Waals surface area contributed by atoms with Crippen LogP contribution in [0.1, 0.15) is 19.8 Å². The second-order valence-electron chi connectivity index (χ2n) is 5.74. The van der Waals surface area contributed by atoms with Gasteiger partial charge >= 0.3 is 18.3 Å². The fourth-order valence-corrected chi connectivity index (χ4v) is 2.86. The molecule has 0 heterocycles. The fourth-order valence-electron chi connectivity index (χ4n) is 2.86. The SMILES string of the molecule is CCN(CC(=O)O)C1CC(Nc2ccc([N+](=O)[O-])c(OC(F)F)c2)C1. The topological polar surface area (TPSA) is 105 Å². The van der Waals surface area contributed by atoms with E-state index in [1.54, 1.807) is 0 Å². The summed E-state index contributed by atoms with van der Waals surface area (Å²) in [4.78, 5) is 22.7. The van der Waals surface area contributed by atoms with Crippen LogP contribution in [-0.2, 0) is 4.79 Å². The lowest BCUT2D eigenvalue weighted by atomic mass is 9.85. The molecule has 0 atom stereocenters. The van der Waals surface area contributed by atoms with Gasteiger partial charge in [0.1, 0.15) is 0 Å². The standard InChI is InChI=1S/C15H19F2N3O5/c1-2-19(8-14(21)22)11-5-10(6-11)18-9-3-4-12(20(23)24)13(7-9)25-15(16)17/h3-4,7,10-11,15,18H,2,5-6,8H2,1H3,(H,21,22). The lowest BCUT2D eigenvalue weighted by Crippen LogP contribution is -2.51. The Kier molecular flexibility index (Phi) is 6.07. The molecule has 0 aliphatic heterocycles. The second kappa shape index (κ2) is 8.06. The van der Waals surface area contributed by atoms with E-state index in [-0.39, 0.29) is 18.6 Å². The van der Waals surface area contributed by atoms with Crippen molar-refractivity contribution in [3.05, 3.63) is 28.3 Å². The molecule has 0 bridgehead atoms. The van der Waals surface area contributed by atoms with Gasteiger partial charge in [0, 0.05) is 29.9 Å². The van der Waals surface area contributed by atoms with Crippen molar-refractivity contribution >= 4 is 17.3 Å². The molecule has 0 saturated heterocycles. The van der Waals surface area contributed by atoms with Crippen molar-refractivity contribution in [2.75, 3.05) is 18.4 Å². The van der Waals surface area contributed by atoms with Crippen LogP contribution in [0.25, 0.3) is 0 Å². The van der Waals surface area contributed by atoms with Crippen LogP contribution in [0, 0.1) is 10.1 Å². The number of carboxylic acid groups (broad SMARTS) is 1. The molecule has 1 aromatic carbocycles. The minimum absolute atomic E-state index is 0.0300. The molecule has 0 radical (unpaired) electrons. The largest absolute Gasteiger partial charge is 0.480 e. The average molecular weight is 359 g/mol.